The number of piperazine rings is 1. The summed E-state index contributed by atoms with van der Waals surface area (Å²) in [6, 6.07) is 5.60. The lowest BCUT2D eigenvalue weighted by atomic mass is 10.00. The number of ether oxygens (including phenoxy) is 2. The molecule has 5 rings (SSSR count). The van der Waals surface area contributed by atoms with Crippen molar-refractivity contribution in [2.24, 2.45) is 4.99 Å². The number of thiophene rings is 1. The Bertz CT molecular complexity index is 1440. The van der Waals surface area contributed by atoms with Crippen molar-refractivity contribution in [2.45, 2.75) is 18.6 Å². The van der Waals surface area contributed by atoms with Crippen LogP contribution in [0.1, 0.15) is 23.6 Å². The summed E-state index contributed by atoms with van der Waals surface area (Å²) in [7, 11) is 2.84. The van der Waals surface area contributed by atoms with Crippen molar-refractivity contribution in [1.82, 2.24) is 9.88 Å². The van der Waals surface area contributed by atoms with Crippen molar-refractivity contribution in [1.29, 1.82) is 0 Å². The number of nitrogens with zero attached hydrogens (tertiary/aromatic N) is 5. The fraction of sp³-hybridized carbons (Fsp3) is 0.346. The second kappa shape index (κ2) is 10.8. The number of carbonyl (C=O) groups is 1. The molecule has 1 fully saturated rings. The number of aromatic nitrogens is 1. The average molecular weight is 580 g/mol. The lowest BCUT2D eigenvalue weighted by molar-refractivity contribution is -0.138. The number of halogens is 4. The molecule has 1 saturated heterocycles. The van der Waals surface area contributed by atoms with Crippen molar-refractivity contribution in [2.75, 3.05) is 50.2 Å². The predicted octanol–water partition coefficient (Wildman–Crippen LogP) is 5.16. The molecule has 0 saturated carbocycles. The van der Waals surface area contributed by atoms with Crippen LogP contribution in [0.5, 0.6) is 11.6 Å². The first-order valence-corrected chi connectivity index (χ1v) is 13.1. The van der Waals surface area contributed by atoms with Crippen molar-refractivity contribution in [3.05, 3.63) is 58.2 Å². The SMILES string of the molecule is COc1cc(N2CCN(C3=Nc4c(csc4F)[C@H](CC(=O)O)N3c3cc(C(F)(F)F)ccc3OC)CC2)ccn1. The minimum absolute atomic E-state index is 0.00487. The molecule has 0 radical (unpaired) electrons. The van der Waals surface area contributed by atoms with Crippen LogP contribution < -0.4 is 19.3 Å². The third-order valence-corrected chi connectivity index (χ3v) is 7.61. The van der Waals surface area contributed by atoms with Gasteiger partial charge in [0.15, 0.2) is 0 Å². The normalized spacial score (nSPS) is 17.4. The molecule has 1 N–H and O–H groups in total. The van der Waals surface area contributed by atoms with Crippen LogP contribution in [-0.4, -0.2) is 67.3 Å². The first-order valence-electron chi connectivity index (χ1n) is 12.2. The number of guanidine groups is 1. The Morgan fingerprint density at radius 3 is 2.48 bits per heavy atom. The summed E-state index contributed by atoms with van der Waals surface area (Å²) in [6.07, 6.45) is -3.53. The van der Waals surface area contributed by atoms with Gasteiger partial charge in [0, 0.05) is 55.1 Å². The summed E-state index contributed by atoms with van der Waals surface area (Å²) in [5.74, 6) is -0.494. The van der Waals surface area contributed by atoms with E-state index in [0.29, 0.717) is 32.1 Å². The molecule has 0 aliphatic carbocycles. The van der Waals surface area contributed by atoms with E-state index in [1.54, 1.807) is 12.3 Å². The van der Waals surface area contributed by atoms with Gasteiger partial charge in [0.25, 0.3) is 0 Å². The zero-order chi connectivity index (χ0) is 28.6. The van der Waals surface area contributed by atoms with Gasteiger partial charge < -0.3 is 29.3 Å². The minimum atomic E-state index is -4.66. The van der Waals surface area contributed by atoms with Crippen LogP contribution in [0.15, 0.2) is 46.9 Å². The van der Waals surface area contributed by atoms with E-state index >= 15 is 0 Å². The number of hydrogen-bond acceptors (Lipinski definition) is 9. The quantitative estimate of drug-likeness (QED) is 0.401. The number of alkyl halides is 3. The molecule has 1 atom stereocenters. The van der Waals surface area contributed by atoms with E-state index in [9.17, 15) is 27.5 Å². The highest BCUT2D eigenvalue weighted by atomic mass is 32.1. The topological polar surface area (TPSA) is 90.7 Å². The maximum atomic E-state index is 14.9. The fourth-order valence-electron chi connectivity index (χ4n) is 4.91. The first-order chi connectivity index (χ1) is 19.1. The smallest absolute Gasteiger partial charge is 0.416 e. The zero-order valence-electron chi connectivity index (χ0n) is 21.5. The Kier molecular flexibility index (Phi) is 7.45. The lowest BCUT2D eigenvalue weighted by Gasteiger charge is -2.44. The maximum absolute atomic E-state index is 14.9. The maximum Gasteiger partial charge on any atom is 0.416 e. The number of methoxy groups -OCH3 is 2. The molecule has 14 heteroatoms. The largest absolute Gasteiger partial charge is 0.495 e. The van der Waals surface area contributed by atoms with Gasteiger partial charge in [-0.1, -0.05) is 0 Å². The van der Waals surface area contributed by atoms with Crippen LogP contribution in [0.4, 0.5) is 34.6 Å². The van der Waals surface area contributed by atoms with Crippen LogP contribution in [0.2, 0.25) is 0 Å². The number of carboxylic acids is 1. The number of carboxylic acid groups (broad SMARTS) is 1. The Labute approximate surface area is 230 Å². The molecule has 0 unspecified atom stereocenters. The Balaban J connectivity index is 1.58. The van der Waals surface area contributed by atoms with E-state index < -0.39 is 35.3 Å². The van der Waals surface area contributed by atoms with Gasteiger partial charge in [0.2, 0.25) is 17.0 Å². The van der Waals surface area contributed by atoms with E-state index in [1.807, 2.05) is 11.0 Å². The highest BCUT2D eigenvalue weighted by molar-refractivity contribution is 7.08. The first kappa shape index (κ1) is 27.5. The standard InChI is InChI=1S/C26H25F4N5O4S/c1-38-20-4-3-15(26(28,29)30)11-19(20)35-18(13-22(36)37)17-14-40-24(27)23(17)32-25(35)34-9-7-33(8-10-34)16-5-6-31-21(12-16)39-2/h3-6,11-12,14,18H,7-10,13H2,1-2H3,(H,36,37)/t18-/m0/s1. The second-order valence-electron chi connectivity index (χ2n) is 9.12. The minimum Gasteiger partial charge on any atom is -0.495 e. The number of benzene rings is 1. The van der Waals surface area contributed by atoms with E-state index in [4.69, 9.17) is 9.47 Å². The molecule has 9 nitrogen and oxygen atoms in total. The summed E-state index contributed by atoms with van der Waals surface area (Å²) in [6.45, 7) is 1.76. The molecule has 2 aromatic heterocycles. The highest BCUT2D eigenvalue weighted by Gasteiger charge is 2.41. The number of anilines is 2. The summed E-state index contributed by atoms with van der Waals surface area (Å²) in [5.41, 5.74) is 0.213. The average Bonchev–Trinajstić information content (AvgIpc) is 3.32. The van der Waals surface area contributed by atoms with Crippen molar-refractivity contribution < 1.29 is 36.9 Å². The van der Waals surface area contributed by atoms with E-state index in [-0.39, 0.29) is 28.6 Å². The van der Waals surface area contributed by atoms with Gasteiger partial charge in [-0.05, 0) is 24.3 Å². The monoisotopic (exact) mass is 579 g/mol. The van der Waals surface area contributed by atoms with Crippen LogP contribution in [-0.2, 0) is 11.0 Å². The molecular weight excluding hydrogens is 554 g/mol. The van der Waals surface area contributed by atoms with Crippen molar-refractivity contribution >= 4 is 40.3 Å². The van der Waals surface area contributed by atoms with Crippen LogP contribution in [0.3, 0.4) is 0 Å². The molecule has 4 heterocycles. The number of pyridine rings is 1. The molecule has 212 valence electrons. The molecule has 3 aromatic rings. The molecule has 2 aliphatic rings. The van der Waals surface area contributed by atoms with Gasteiger partial charge in [0.05, 0.1) is 37.9 Å². The van der Waals surface area contributed by atoms with Crippen LogP contribution in [0, 0.1) is 5.13 Å². The molecule has 40 heavy (non-hydrogen) atoms. The third-order valence-electron chi connectivity index (χ3n) is 6.84. The van der Waals surface area contributed by atoms with Gasteiger partial charge >= 0.3 is 12.1 Å². The van der Waals surface area contributed by atoms with E-state index in [1.165, 1.54) is 30.6 Å². The van der Waals surface area contributed by atoms with E-state index in [0.717, 1.165) is 29.2 Å². The Morgan fingerprint density at radius 2 is 1.82 bits per heavy atom. The second-order valence-corrected chi connectivity index (χ2v) is 9.95. The van der Waals surface area contributed by atoms with Gasteiger partial charge in [-0.15, -0.1) is 11.3 Å². The fourth-order valence-corrected chi connectivity index (χ4v) is 5.68. The zero-order valence-corrected chi connectivity index (χ0v) is 22.3. The summed E-state index contributed by atoms with van der Waals surface area (Å²) >= 11 is 0.766. The molecule has 0 amide bonds. The summed E-state index contributed by atoms with van der Waals surface area (Å²) in [4.78, 5) is 26.0. The number of aliphatic carboxylic acids is 1. The van der Waals surface area contributed by atoms with Crippen molar-refractivity contribution in [3.63, 3.8) is 0 Å². The molecular formula is C26H25F4N5O4S. The lowest BCUT2D eigenvalue weighted by Crippen LogP contribution is -2.55. The van der Waals surface area contributed by atoms with Crippen LogP contribution in [0.25, 0.3) is 0 Å². The predicted molar refractivity (Wildman–Crippen MR) is 141 cm³/mol. The Hall–Kier alpha value is -4.07. The Morgan fingerprint density at radius 1 is 1.10 bits per heavy atom. The molecule has 1 aromatic carbocycles. The van der Waals surface area contributed by atoms with Gasteiger partial charge in [-0.2, -0.15) is 17.6 Å². The number of rotatable bonds is 6. The number of hydrogen-bond donors (Lipinski definition) is 1. The number of fused-ring (bicyclic) bond motifs is 1. The van der Waals surface area contributed by atoms with Crippen LogP contribution >= 0.6 is 11.3 Å². The summed E-state index contributed by atoms with van der Waals surface area (Å²) < 4.78 is 66.8. The molecule has 0 bridgehead atoms. The van der Waals surface area contributed by atoms with Gasteiger partial charge in [0.1, 0.15) is 11.4 Å². The summed E-state index contributed by atoms with van der Waals surface area (Å²) in [5, 5.41) is 10.6. The van der Waals surface area contributed by atoms with E-state index in [2.05, 4.69) is 14.9 Å². The number of aliphatic imine (C=N–C) groups is 1. The molecule has 2 aliphatic heterocycles. The molecule has 0 spiro atoms. The van der Waals surface area contributed by atoms with Gasteiger partial charge in [-0.25, -0.2) is 9.98 Å². The van der Waals surface area contributed by atoms with Gasteiger partial charge in [-0.3, -0.25) is 4.79 Å². The van der Waals surface area contributed by atoms with Crippen molar-refractivity contribution in [3.8, 4) is 11.6 Å². The third kappa shape index (κ3) is 5.22. The highest BCUT2D eigenvalue weighted by Crippen LogP contribution is 2.47.